The molecular formula is C19H18N6O2. The van der Waals surface area contributed by atoms with Gasteiger partial charge >= 0.3 is 0 Å². The van der Waals surface area contributed by atoms with E-state index in [0.29, 0.717) is 23.4 Å². The van der Waals surface area contributed by atoms with Crippen LogP contribution in [0.2, 0.25) is 0 Å². The molecule has 0 aliphatic rings. The third kappa shape index (κ3) is 3.37. The number of H-pyrrole nitrogens is 2. The lowest BCUT2D eigenvalue weighted by Crippen LogP contribution is -2.26. The lowest BCUT2D eigenvalue weighted by atomic mass is 10.1. The summed E-state index contributed by atoms with van der Waals surface area (Å²) in [6, 6.07) is 9.58. The number of nitrogens with one attached hydrogen (secondary N) is 3. The average molecular weight is 362 g/mol. The quantitative estimate of drug-likeness (QED) is 0.502. The van der Waals surface area contributed by atoms with E-state index >= 15 is 0 Å². The minimum absolute atomic E-state index is 0.280. The Labute approximate surface area is 154 Å². The molecule has 136 valence electrons. The number of nitrogens with zero attached hydrogens (tertiary/aromatic N) is 3. The van der Waals surface area contributed by atoms with E-state index in [0.717, 1.165) is 12.0 Å². The molecule has 1 amide bonds. The number of amides is 1. The van der Waals surface area contributed by atoms with Crippen molar-refractivity contribution in [1.82, 2.24) is 30.1 Å². The first-order chi connectivity index (χ1) is 13.1. The molecule has 0 unspecified atom stereocenters. The lowest BCUT2D eigenvalue weighted by Gasteiger charge is -2.05. The first-order valence-corrected chi connectivity index (χ1v) is 8.56. The zero-order chi connectivity index (χ0) is 18.8. The molecule has 0 aliphatic carbocycles. The molecule has 8 nitrogen and oxygen atoms in total. The summed E-state index contributed by atoms with van der Waals surface area (Å²) in [5.74, 6) is -0.280. The van der Waals surface area contributed by atoms with Gasteiger partial charge in [0.1, 0.15) is 5.56 Å². The molecule has 0 aliphatic heterocycles. The van der Waals surface area contributed by atoms with Gasteiger partial charge in [-0.3, -0.25) is 19.8 Å². The molecule has 3 N–H and O–H groups in total. The van der Waals surface area contributed by atoms with Crippen LogP contribution in [0.15, 0.2) is 53.7 Å². The van der Waals surface area contributed by atoms with Crippen LogP contribution in [-0.4, -0.2) is 37.2 Å². The topological polar surface area (TPSA) is 108 Å². The van der Waals surface area contributed by atoms with Crippen LogP contribution in [0.1, 0.15) is 21.5 Å². The van der Waals surface area contributed by atoms with Gasteiger partial charge < -0.3 is 5.32 Å². The molecule has 8 heteroatoms. The summed E-state index contributed by atoms with van der Waals surface area (Å²) in [6.07, 6.45) is 5.44. The van der Waals surface area contributed by atoms with Gasteiger partial charge in [0.25, 0.3) is 11.5 Å². The number of fused-ring (bicyclic) bond motifs is 1. The van der Waals surface area contributed by atoms with Crippen LogP contribution in [0, 0.1) is 6.92 Å². The van der Waals surface area contributed by atoms with Crippen molar-refractivity contribution in [2.24, 2.45) is 0 Å². The molecule has 0 atom stereocenters. The van der Waals surface area contributed by atoms with Crippen molar-refractivity contribution >= 4 is 11.6 Å². The van der Waals surface area contributed by atoms with E-state index in [1.54, 1.807) is 12.4 Å². The Bertz CT molecular complexity index is 1140. The van der Waals surface area contributed by atoms with E-state index in [1.807, 2.05) is 31.2 Å². The van der Waals surface area contributed by atoms with Gasteiger partial charge in [-0.1, -0.05) is 29.8 Å². The van der Waals surface area contributed by atoms with E-state index in [-0.39, 0.29) is 17.1 Å². The van der Waals surface area contributed by atoms with Crippen molar-refractivity contribution in [2.75, 3.05) is 6.54 Å². The van der Waals surface area contributed by atoms with Crippen molar-refractivity contribution < 1.29 is 4.79 Å². The molecule has 0 saturated carbocycles. The number of aromatic nitrogens is 5. The summed E-state index contributed by atoms with van der Waals surface area (Å²) in [6.45, 7) is 2.53. The highest BCUT2D eigenvalue weighted by atomic mass is 16.2. The number of hydrogen-bond acceptors (Lipinski definition) is 4. The minimum Gasteiger partial charge on any atom is -0.352 e. The number of hydrogen-bond donors (Lipinski definition) is 3. The summed E-state index contributed by atoms with van der Waals surface area (Å²) in [7, 11) is 0. The first kappa shape index (κ1) is 16.8. The summed E-state index contributed by atoms with van der Waals surface area (Å²) in [4.78, 5) is 29.3. The monoisotopic (exact) mass is 362 g/mol. The van der Waals surface area contributed by atoms with E-state index in [1.165, 1.54) is 22.3 Å². The van der Waals surface area contributed by atoms with Crippen LogP contribution in [0.3, 0.4) is 0 Å². The Balaban J connectivity index is 1.55. The predicted octanol–water partition coefficient (Wildman–Crippen LogP) is 1.69. The molecule has 4 rings (SSSR count). The van der Waals surface area contributed by atoms with Gasteiger partial charge in [-0.25, -0.2) is 9.50 Å². The molecule has 0 saturated heterocycles. The number of benzene rings is 1. The number of carbonyl (C=O) groups is 1. The van der Waals surface area contributed by atoms with Crippen molar-refractivity contribution in [3.05, 3.63) is 76.0 Å². The summed E-state index contributed by atoms with van der Waals surface area (Å²) >= 11 is 0. The molecule has 4 aromatic rings. The van der Waals surface area contributed by atoms with Crippen LogP contribution in [0.25, 0.3) is 16.9 Å². The van der Waals surface area contributed by atoms with Gasteiger partial charge in [0.05, 0.1) is 11.9 Å². The van der Waals surface area contributed by atoms with Crippen LogP contribution >= 0.6 is 0 Å². The largest absolute Gasteiger partial charge is 0.352 e. The number of rotatable bonds is 5. The third-order valence-corrected chi connectivity index (χ3v) is 4.36. The SMILES string of the molecule is Cc1ccc(CCNC(=O)c2c[nH]n3c(=O)cc(-c4cn[nH]c4)nc23)cc1. The zero-order valence-electron chi connectivity index (χ0n) is 14.7. The number of aryl methyl sites for hydroxylation is 1. The molecule has 3 aromatic heterocycles. The van der Waals surface area contributed by atoms with E-state index in [2.05, 4.69) is 25.6 Å². The maximum atomic E-state index is 12.6. The number of carbonyl (C=O) groups excluding carboxylic acids is 1. The van der Waals surface area contributed by atoms with Gasteiger partial charge in [0, 0.05) is 30.6 Å². The molecule has 1 aromatic carbocycles. The van der Waals surface area contributed by atoms with Crippen LogP contribution in [0.4, 0.5) is 0 Å². The Morgan fingerprint density at radius 3 is 2.78 bits per heavy atom. The van der Waals surface area contributed by atoms with Crippen LogP contribution in [0.5, 0.6) is 0 Å². The van der Waals surface area contributed by atoms with Gasteiger partial charge in [0.2, 0.25) is 0 Å². The van der Waals surface area contributed by atoms with E-state index in [9.17, 15) is 9.59 Å². The molecule has 0 radical (unpaired) electrons. The average Bonchev–Trinajstić information content (AvgIpc) is 3.33. The van der Waals surface area contributed by atoms with E-state index < -0.39 is 0 Å². The van der Waals surface area contributed by atoms with Crippen molar-refractivity contribution in [1.29, 1.82) is 0 Å². The van der Waals surface area contributed by atoms with Gasteiger partial charge in [-0.2, -0.15) is 5.10 Å². The standard InChI is InChI=1S/C19H18N6O2/c1-12-2-4-13(5-3-12)6-7-20-19(27)15-11-23-25-17(26)8-16(24-18(15)25)14-9-21-22-10-14/h2-5,8-11,23H,6-7H2,1H3,(H,20,27)(H,21,22). The van der Waals surface area contributed by atoms with Gasteiger partial charge in [-0.15, -0.1) is 0 Å². The smallest absolute Gasteiger partial charge is 0.273 e. The molecule has 27 heavy (non-hydrogen) atoms. The second-order valence-corrected chi connectivity index (χ2v) is 6.30. The summed E-state index contributed by atoms with van der Waals surface area (Å²) < 4.78 is 1.25. The van der Waals surface area contributed by atoms with Gasteiger partial charge in [-0.05, 0) is 18.9 Å². The Kier molecular flexibility index (Phi) is 4.29. The molecule has 0 bridgehead atoms. The highest BCUT2D eigenvalue weighted by Gasteiger charge is 2.16. The lowest BCUT2D eigenvalue weighted by molar-refractivity contribution is 0.0955. The van der Waals surface area contributed by atoms with E-state index in [4.69, 9.17) is 0 Å². The fourth-order valence-electron chi connectivity index (χ4n) is 2.86. The highest BCUT2D eigenvalue weighted by molar-refractivity contribution is 5.99. The zero-order valence-corrected chi connectivity index (χ0v) is 14.7. The molecule has 3 heterocycles. The molecular weight excluding hydrogens is 344 g/mol. The van der Waals surface area contributed by atoms with Crippen molar-refractivity contribution in [3.63, 3.8) is 0 Å². The normalized spacial score (nSPS) is 11.0. The fraction of sp³-hybridized carbons (Fsp3) is 0.158. The van der Waals surface area contributed by atoms with Crippen molar-refractivity contribution in [2.45, 2.75) is 13.3 Å². The first-order valence-electron chi connectivity index (χ1n) is 8.56. The number of aromatic amines is 2. The highest BCUT2D eigenvalue weighted by Crippen LogP contribution is 2.15. The molecule has 0 spiro atoms. The molecule has 0 fully saturated rings. The summed E-state index contributed by atoms with van der Waals surface area (Å²) in [5.41, 5.74) is 3.80. The van der Waals surface area contributed by atoms with Crippen molar-refractivity contribution in [3.8, 4) is 11.3 Å². The van der Waals surface area contributed by atoms with Crippen LogP contribution in [-0.2, 0) is 6.42 Å². The summed E-state index contributed by atoms with van der Waals surface area (Å²) in [5, 5.41) is 12.2. The fourth-order valence-corrected chi connectivity index (χ4v) is 2.86. The maximum absolute atomic E-state index is 12.6. The Morgan fingerprint density at radius 1 is 1.22 bits per heavy atom. The predicted molar refractivity (Wildman–Crippen MR) is 101 cm³/mol. The Hall–Kier alpha value is -3.68. The maximum Gasteiger partial charge on any atom is 0.273 e. The Morgan fingerprint density at radius 2 is 2.04 bits per heavy atom. The van der Waals surface area contributed by atoms with Crippen LogP contribution < -0.4 is 10.9 Å². The second kappa shape index (κ2) is 6.91. The third-order valence-electron chi connectivity index (χ3n) is 4.36. The van der Waals surface area contributed by atoms with Gasteiger partial charge in [0.15, 0.2) is 5.65 Å². The second-order valence-electron chi connectivity index (χ2n) is 6.30. The minimum atomic E-state index is -0.296.